The Morgan fingerprint density at radius 3 is 2.63 bits per heavy atom. The highest BCUT2D eigenvalue weighted by Crippen LogP contribution is 2.29. The number of aromatic nitrogens is 3. The van der Waals surface area contributed by atoms with Gasteiger partial charge in [-0.05, 0) is 18.9 Å². The van der Waals surface area contributed by atoms with Gasteiger partial charge in [-0.2, -0.15) is 4.98 Å². The number of imidazole rings is 1. The van der Waals surface area contributed by atoms with Crippen LogP contribution in [0.4, 0.5) is 0 Å². The molecule has 0 N–H and O–H groups in total. The lowest BCUT2D eigenvalue weighted by Crippen LogP contribution is -2.38. The third-order valence-corrected chi connectivity index (χ3v) is 4.90. The highest BCUT2D eigenvalue weighted by Gasteiger charge is 2.28. The van der Waals surface area contributed by atoms with Crippen molar-refractivity contribution in [1.29, 1.82) is 0 Å². The number of amides is 1. The summed E-state index contributed by atoms with van der Waals surface area (Å²) in [5, 5.41) is 0. The van der Waals surface area contributed by atoms with Gasteiger partial charge in [-0.1, -0.05) is 0 Å². The van der Waals surface area contributed by atoms with E-state index in [1.165, 1.54) is 14.2 Å². The summed E-state index contributed by atoms with van der Waals surface area (Å²) in [5.74, 6) is 2.06. The average Bonchev–Trinajstić information content (AvgIpc) is 3.19. The van der Waals surface area contributed by atoms with E-state index in [2.05, 4.69) is 14.5 Å². The Hall–Kier alpha value is -2.61. The number of methoxy groups -OCH3 is 3. The first-order valence-corrected chi connectivity index (χ1v) is 9.06. The monoisotopic (exact) mass is 374 g/mol. The van der Waals surface area contributed by atoms with Crippen LogP contribution in [0.15, 0.2) is 24.5 Å². The zero-order valence-electron chi connectivity index (χ0n) is 16.1. The normalized spacial score (nSPS) is 15.0. The molecule has 146 valence electrons. The summed E-state index contributed by atoms with van der Waals surface area (Å²) in [7, 11) is 4.73. The number of carbonyl (C=O) groups is 1. The van der Waals surface area contributed by atoms with Gasteiger partial charge in [0.05, 0.1) is 20.8 Å². The summed E-state index contributed by atoms with van der Waals surface area (Å²) in [5.41, 5.74) is 0.457. The van der Waals surface area contributed by atoms with Crippen molar-refractivity contribution in [3.63, 3.8) is 0 Å². The number of ether oxygens (including phenoxy) is 3. The Morgan fingerprint density at radius 2 is 1.96 bits per heavy atom. The molecule has 0 saturated carbocycles. The van der Waals surface area contributed by atoms with Gasteiger partial charge in [-0.25, -0.2) is 4.98 Å². The summed E-state index contributed by atoms with van der Waals surface area (Å²) in [6.45, 7) is 2.80. The fraction of sp³-hybridized carbons (Fsp3) is 0.526. The highest BCUT2D eigenvalue weighted by atomic mass is 16.5. The van der Waals surface area contributed by atoms with Crippen LogP contribution in [0.5, 0.6) is 11.8 Å². The molecule has 3 rings (SSSR count). The van der Waals surface area contributed by atoms with Gasteiger partial charge in [-0.15, -0.1) is 0 Å². The van der Waals surface area contributed by atoms with Crippen LogP contribution in [0, 0.1) is 0 Å². The number of carbonyl (C=O) groups excluding carboxylic acids is 1. The second kappa shape index (κ2) is 8.85. The van der Waals surface area contributed by atoms with E-state index >= 15 is 0 Å². The number of pyridine rings is 1. The molecule has 0 atom stereocenters. The lowest BCUT2D eigenvalue weighted by Gasteiger charge is -2.32. The van der Waals surface area contributed by atoms with E-state index in [-0.39, 0.29) is 11.8 Å². The van der Waals surface area contributed by atoms with E-state index in [9.17, 15) is 4.79 Å². The van der Waals surface area contributed by atoms with Crippen molar-refractivity contribution in [2.45, 2.75) is 25.3 Å². The smallest absolute Gasteiger partial charge is 0.259 e. The van der Waals surface area contributed by atoms with Crippen LogP contribution in [0.25, 0.3) is 0 Å². The summed E-state index contributed by atoms with van der Waals surface area (Å²) in [4.78, 5) is 23.5. The van der Waals surface area contributed by atoms with Crippen molar-refractivity contribution in [2.24, 2.45) is 0 Å². The van der Waals surface area contributed by atoms with Crippen molar-refractivity contribution in [2.75, 3.05) is 41.0 Å². The summed E-state index contributed by atoms with van der Waals surface area (Å²) < 4.78 is 17.7. The van der Waals surface area contributed by atoms with Crippen LogP contribution in [0.1, 0.15) is 34.9 Å². The molecule has 0 spiro atoms. The number of piperidine rings is 1. The van der Waals surface area contributed by atoms with Crippen molar-refractivity contribution < 1.29 is 19.0 Å². The molecule has 0 aliphatic carbocycles. The molecule has 2 aromatic rings. The molecule has 27 heavy (non-hydrogen) atoms. The SMILES string of the molecule is COCCn1ccnc1C1CCN(C(=O)c2ccc(OC)nc2OC)CC1. The highest BCUT2D eigenvalue weighted by molar-refractivity contribution is 5.96. The summed E-state index contributed by atoms with van der Waals surface area (Å²) in [6, 6.07) is 3.38. The van der Waals surface area contributed by atoms with E-state index in [1.54, 1.807) is 19.2 Å². The second-order valence-corrected chi connectivity index (χ2v) is 6.45. The minimum Gasteiger partial charge on any atom is -0.481 e. The zero-order chi connectivity index (χ0) is 19.2. The number of likely N-dealkylation sites (tertiary alicyclic amines) is 1. The van der Waals surface area contributed by atoms with Gasteiger partial charge in [0.1, 0.15) is 11.4 Å². The molecule has 8 heteroatoms. The van der Waals surface area contributed by atoms with E-state index in [4.69, 9.17) is 14.2 Å². The van der Waals surface area contributed by atoms with Crippen molar-refractivity contribution in [3.8, 4) is 11.8 Å². The first-order chi connectivity index (χ1) is 13.2. The molecule has 2 aromatic heterocycles. The van der Waals surface area contributed by atoms with E-state index in [0.29, 0.717) is 37.1 Å². The summed E-state index contributed by atoms with van der Waals surface area (Å²) in [6.07, 6.45) is 5.57. The molecule has 1 aliphatic rings. The quantitative estimate of drug-likeness (QED) is 0.737. The van der Waals surface area contributed by atoms with Gasteiger partial charge in [0.2, 0.25) is 11.8 Å². The second-order valence-electron chi connectivity index (χ2n) is 6.45. The lowest BCUT2D eigenvalue weighted by molar-refractivity contribution is 0.0705. The van der Waals surface area contributed by atoms with Crippen molar-refractivity contribution in [3.05, 3.63) is 35.9 Å². The Morgan fingerprint density at radius 1 is 1.19 bits per heavy atom. The van der Waals surface area contributed by atoms with E-state index in [1.807, 2.05) is 17.3 Å². The fourth-order valence-corrected chi connectivity index (χ4v) is 3.43. The Kier molecular flexibility index (Phi) is 6.28. The predicted octanol–water partition coefficient (Wildman–Crippen LogP) is 1.96. The number of rotatable bonds is 7. The molecule has 8 nitrogen and oxygen atoms in total. The fourth-order valence-electron chi connectivity index (χ4n) is 3.43. The van der Waals surface area contributed by atoms with Gasteiger partial charge in [0.15, 0.2) is 0 Å². The topological polar surface area (TPSA) is 78.7 Å². The average molecular weight is 374 g/mol. The Bertz CT molecular complexity index is 769. The lowest BCUT2D eigenvalue weighted by atomic mass is 9.95. The minimum absolute atomic E-state index is 0.0665. The van der Waals surface area contributed by atoms with Crippen molar-refractivity contribution >= 4 is 5.91 Å². The van der Waals surface area contributed by atoms with Gasteiger partial charge < -0.3 is 23.7 Å². The molecule has 0 bridgehead atoms. The predicted molar refractivity (Wildman–Crippen MR) is 99.3 cm³/mol. The molecular formula is C19H26N4O4. The van der Waals surface area contributed by atoms with Crippen LogP contribution in [0.3, 0.4) is 0 Å². The molecule has 1 aliphatic heterocycles. The minimum atomic E-state index is -0.0665. The summed E-state index contributed by atoms with van der Waals surface area (Å²) >= 11 is 0. The maximum Gasteiger partial charge on any atom is 0.259 e. The maximum absolute atomic E-state index is 12.9. The number of hydrogen-bond acceptors (Lipinski definition) is 6. The third-order valence-electron chi connectivity index (χ3n) is 4.90. The van der Waals surface area contributed by atoms with Gasteiger partial charge in [0.25, 0.3) is 5.91 Å². The molecule has 3 heterocycles. The van der Waals surface area contributed by atoms with Crippen LogP contribution >= 0.6 is 0 Å². The standard InChI is InChI=1S/C19H26N4O4/c1-25-13-12-22-11-8-20-17(22)14-6-9-23(10-7-14)19(24)15-4-5-16(26-2)21-18(15)27-3/h4-5,8,11,14H,6-7,9-10,12-13H2,1-3H3. The first-order valence-electron chi connectivity index (χ1n) is 9.06. The third kappa shape index (κ3) is 4.21. The molecule has 1 fully saturated rings. The van der Waals surface area contributed by atoms with E-state index in [0.717, 1.165) is 25.2 Å². The van der Waals surface area contributed by atoms with Gasteiger partial charge in [0, 0.05) is 51.1 Å². The Labute approximate surface area is 159 Å². The van der Waals surface area contributed by atoms with Gasteiger partial charge in [-0.3, -0.25) is 4.79 Å². The van der Waals surface area contributed by atoms with Crippen LogP contribution in [-0.2, 0) is 11.3 Å². The molecule has 0 aromatic carbocycles. The molecule has 1 amide bonds. The zero-order valence-corrected chi connectivity index (χ0v) is 16.1. The molecular weight excluding hydrogens is 348 g/mol. The van der Waals surface area contributed by atoms with Crippen LogP contribution in [0.2, 0.25) is 0 Å². The first kappa shape index (κ1) is 19.2. The van der Waals surface area contributed by atoms with Crippen LogP contribution < -0.4 is 9.47 Å². The largest absolute Gasteiger partial charge is 0.481 e. The molecule has 0 unspecified atom stereocenters. The molecule has 0 radical (unpaired) electrons. The molecule has 1 saturated heterocycles. The van der Waals surface area contributed by atoms with Crippen LogP contribution in [-0.4, -0.2) is 66.4 Å². The van der Waals surface area contributed by atoms with Gasteiger partial charge >= 0.3 is 0 Å². The van der Waals surface area contributed by atoms with E-state index < -0.39 is 0 Å². The number of hydrogen-bond donors (Lipinski definition) is 0. The van der Waals surface area contributed by atoms with Crippen molar-refractivity contribution in [1.82, 2.24) is 19.4 Å². The Balaban J connectivity index is 1.66. The maximum atomic E-state index is 12.9. The number of nitrogens with zero attached hydrogens (tertiary/aromatic N) is 4.